The van der Waals surface area contributed by atoms with Crippen molar-refractivity contribution < 1.29 is 8.42 Å². The largest absolute Gasteiger partial charge is 0.386 e. The van der Waals surface area contributed by atoms with Crippen molar-refractivity contribution in [1.29, 1.82) is 5.41 Å². The first-order valence-electron chi connectivity index (χ1n) is 6.92. The van der Waals surface area contributed by atoms with Gasteiger partial charge in [0.15, 0.2) is 0 Å². The number of fused-ring (bicyclic) bond motifs is 1. The van der Waals surface area contributed by atoms with Crippen molar-refractivity contribution in [3.05, 3.63) is 29.3 Å². The number of amidine groups is 1. The average Bonchev–Trinajstić information content (AvgIpc) is 2.85. The third-order valence-corrected chi connectivity index (χ3v) is 5.10. The highest BCUT2D eigenvalue weighted by atomic mass is 32.2. The molecule has 0 bridgehead atoms. The normalized spacial score (nSPS) is 15.8. The van der Waals surface area contributed by atoms with Crippen molar-refractivity contribution in [2.24, 2.45) is 5.73 Å². The molecule has 4 N–H and O–H groups in total. The molecule has 0 aliphatic heterocycles. The van der Waals surface area contributed by atoms with Gasteiger partial charge in [0, 0.05) is 0 Å². The lowest BCUT2D eigenvalue weighted by atomic mass is 10.1. The first-order chi connectivity index (χ1) is 9.44. The molecule has 1 aromatic carbocycles. The van der Waals surface area contributed by atoms with Crippen molar-refractivity contribution in [2.45, 2.75) is 50.0 Å². The van der Waals surface area contributed by atoms with Crippen molar-refractivity contribution in [1.82, 2.24) is 4.72 Å². The Morgan fingerprint density at radius 1 is 1.40 bits per heavy atom. The second-order valence-electron chi connectivity index (χ2n) is 5.20. The Kier molecular flexibility index (Phi) is 4.45. The standard InChI is InChI=1S/C14H21N3O2S/c1-2-4-13(14(15)16)17-20(18,19)12-8-7-10-5-3-6-11(10)9-12/h7-9,13,17H,2-6H2,1H3,(H3,15,16). The van der Waals surface area contributed by atoms with Crippen LogP contribution >= 0.6 is 0 Å². The summed E-state index contributed by atoms with van der Waals surface area (Å²) < 4.78 is 27.2. The van der Waals surface area contributed by atoms with Gasteiger partial charge in [-0.25, -0.2) is 13.1 Å². The number of nitrogens with one attached hydrogen (secondary N) is 2. The molecule has 0 radical (unpaired) electrons. The number of nitrogens with two attached hydrogens (primary N) is 1. The number of rotatable bonds is 6. The second-order valence-corrected chi connectivity index (χ2v) is 6.92. The van der Waals surface area contributed by atoms with Crippen LogP contribution < -0.4 is 10.5 Å². The maximum Gasteiger partial charge on any atom is 0.241 e. The minimum atomic E-state index is -3.62. The highest BCUT2D eigenvalue weighted by molar-refractivity contribution is 7.89. The van der Waals surface area contributed by atoms with Gasteiger partial charge in [0.1, 0.15) is 5.84 Å². The molecule has 110 valence electrons. The molecule has 1 atom stereocenters. The molecule has 0 saturated carbocycles. The summed E-state index contributed by atoms with van der Waals surface area (Å²) in [5, 5.41) is 7.47. The molecule has 0 fully saturated rings. The average molecular weight is 295 g/mol. The molecular weight excluding hydrogens is 274 g/mol. The smallest absolute Gasteiger partial charge is 0.241 e. The molecule has 20 heavy (non-hydrogen) atoms. The van der Waals surface area contributed by atoms with Gasteiger partial charge >= 0.3 is 0 Å². The quantitative estimate of drug-likeness (QED) is 0.549. The van der Waals surface area contributed by atoms with E-state index in [1.807, 2.05) is 13.0 Å². The minimum Gasteiger partial charge on any atom is -0.386 e. The van der Waals surface area contributed by atoms with Crippen LogP contribution in [0.25, 0.3) is 0 Å². The summed E-state index contributed by atoms with van der Waals surface area (Å²) in [5.41, 5.74) is 7.80. The highest BCUT2D eigenvalue weighted by Gasteiger charge is 2.23. The molecule has 0 spiro atoms. The van der Waals surface area contributed by atoms with E-state index in [4.69, 9.17) is 11.1 Å². The van der Waals surface area contributed by atoms with Crippen LogP contribution in [0.4, 0.5) is 0 Å². The molecule has 0 aromatic heterocycles. The minimum absolute atomic E-state index is 0.142. The number of hydrogen-bond donors (Lipinski definition) is 3. The Labute approximate surface area is 120 Å². The van der Waals surface area contributed by atoms with Gasteiger partial charge in [0.25, 0.3) is 0 Å². The van der Waals surface area contributed by atoms with Crippen LogP contribution in [0, 0.1) is 5.41 Å². The lowest BCUT2D eigenvalue weighted by Crippen LogP contribution is -2.43. The number of sulfonamides is 1. The first-order valence-corrected chi connectivity index (χ1v) is 8.40. The van der Waals surface area contributed by atoms with E-state index in [1.54, 1.807) is 12.1 Å². The van der Waals surface area contributed by atoms with E-state index in [-0.39, 0.29) is 10.7 Å². The fourth-order valence-electron chi connectivity index (χ4n) is 2.54. The van der Waals surface area contributed by atoms with Crippen LogP contribution in [0.2, 0.25) is 0 Å². The Balaban J connectivity index is 2.23. The van der Waals surface area contributed by atoms with Crippen LogP contribution in [0.1, 0.15) is 37.3 Å². The van der Waals surface area contributed by atoms with E-state index < -0.39 is 16.1 Å². The fraction of sp³-hybridized carbons (Fsp3) is 0.500. The Bertz CT molecular complexity index is 611. The van der Waals surface area contributed by atoms with Crippen molar-refractivity contribution in [2.75, 3.05) is 0 Å². The van der Waals surface area contributed by atoms with E-state index >= 15 is 0 Å². The van der Waals surface area contributed by atoms with Gasteiger partial charge in [-0.2, -0.15) is 0 Å². The van der Waals surface area contributed by atoms with Gasteiger partial charge in [-0.05, 0) is 48.9 Å². The van der Waals surface area contributed by atoms with Crippen LogP contribution in [0.5, 0.6) is 0 Å². The van der Waals surface area contributed by atoms with Crippen molar-refractivity contribution in [3.63, 3.8) is 0 Å². The van der Waals surface area contributed by atoms with Gasteiger partial charge < -0.3 is 5.73 Å². The monoisotopic (exact) mass is 295 g/mol. The number of hydrogen-bond acceptors (Lipinski definition) is 3. The van der Waals surface area contributed by atoms with E-state index in [2.05, 4.69) is 4.72 Å². The zero-order chi connectivity index (χ0) is 14.8. The van der Waals surface area contributed by atoms with Gasteiger partial charge in [0.2, 0.25) is 10.0 Å². The fourth-order valence-corrected chi connectivity index (χ4v) is 3.84. The molecular formula is C14H21N3O2S. The maximum atomic E-state index is 12.4. The van der Waals surface area contributed by atoms with Crippen LogP contribution in [0.3, 0.4) is 0 Å². The molecule has 6 heteroatoms. The molecule has 1 unspecified atom stereocenters. The van der Waals surface area contributed by atoms with Gasteiger partial charge in [-0.3, -0.25) is 5.41 Å². The van der Waals surface area contributed by atoms with E-state index in [1.165, 1.54) is 5.56 Å². The Morgan fingerprint density at radius 2 is 2.10 bits per heavy atom. The topological polar surface area (TPSA) is 96.0 Å². The summed E-state index contributed by atoms with van der Waals surface area (Å²) >= 11 is 0. The molecule has 1 aliphatic rings. The number of aryl methyl sites for hydroxylation is 2. The van der Waals surface area contributed by atoms with Gasteiger partial charge in [-0.15, -0.1) is 0 Å². The van der Waals surface area contributed by atoms with Crippen LogP contribution in [-0.4, -0.2) is 20.3 Å². The molecule has 0 amide bonds. The molecule has 0 heterocycles. The predicted octanol–water partition coefficient (Wildman–Crippen LogP) is 1.56. The van der Waals surface area contributed by atoms with Crippen LogP contribution in [-0.2, 0) is 22.9 Å². The summed E-state index contributed by atoms with van der Waals surface area (Å²) in [6, 6.07) is 4.64. The molecule has 1 aliphatic carbocycles. The van der Waals surface area contributed by atoms with Crippen LogP contribution in [0.15, 0.2) is 23.1 Å². The maximum absolute atomic E-state index is 12.4. The summed E-state index contributed by atoms with van der Waals surface area (Å²) in [5.74, 6) is -0.142. The predicted molar refractivity (Wildman–Crippen MR) is 79.4 cm³/mol. The SMILES string of the molecule is CCCC(NS(=O)(=O)c1ccc2c(c1)CCC2)C(=N)N. The van der Waals surface area contributed by atoms with Crippen molar-refractivity contribution >= 4 is 15.9 Å². The zero-order valence-corrected chi connectivity index (χ0v) is 12.5. The summed E-state index contributed by atoms with van der Waals surface area (Å²) in [7, 11) is -3.62. The van der Waals surface area contributed by atoms with Gasteiger partial charge in [-0.1, -0.05) is 19.4 Å². The van der Waals surface area contributed by atoms with E-state index in [0.29, 0.717) is 6.42 Å². The third kappa shape index (κ3) is 3.19. The van der Waals surface area contributed by atoms with Crippen molar-refractivity contribution in [3.8, 4) is 0 Å². The van der Waals surface area contributed by atoms with E-state index in [9.17, 15) is 8.42 Å². The molecule has 5 nitrogen and oxygen atoms in total. The molecule has 0 saturated heterocycles. The second kappa shape index (κ2) is 5.93. The highest BCUT2D eigenvalue weighted by Crippen LogP contribution is 2.24. The summed E-state index contributed by atoms with van der Waals surface area (Å²) in [6.45, 7) is 1.93. The third-order valence-electron chi connectivity index (χ3n) is 3.63. The first kappa shape index (κ1) is 15.0. The van der Waals surface area contributed by atoms with E-state index in [0.717, 1.165) is 31.2 Å². The Morgan fingerprint density at radius 3 is 2.75 bits per heavy atom. The summed E-state index contributed by atoms with van der Waals surface area (Å²) in [4.78, 5) is 0.264. The number of benzene rings is 1. The molecule has 1 aromatic rings. The lowest BCUT2D eigenvalue weighted by molar-refractivity contribution is 0.565. The lowest BCUT2D eigenvalue weighted by Gasteiger charge is -2.17. The van der Waals surface area contributed by atoms with Gasteiger partial charge in [0.05, 0.1) is 10.9 Å². The summed E-state index contributed by atoms with van der Waals surface area (Å²) in [6.07, 6.45) is 4.33. The Hall–Kier alpha value is -1.40. The zero-order valence-electron chi connectivity index (χ0n) is 11.6. The molecule has 2 rings (SSSR count).